The zero-order valence-corrected chi connectivity index (χ0v) is 30.5. The second-order valence-corrected chi connectivity index (χ2v) is 17.2. The van der Waals surface area contributed by atoms with Crippen LogP contribution >= 0.6 is 24.6 Å². The fourth-order valence-corrected chi connectivity index (χ4v) is 12.4. The first kappa shape index (κ1) is 36.5. The van der Waals surface area contributed by atoms with Gasteiger partial charge in [0.15, 0.2) is 0 Å². The van der Waals surface area contributed by atoms with Gasteiger partial charge in [0.25, 0.3) is 0 Å². The van der Waals surface area contributed by atoms with Crippen LogP contribution in [0.1, 0.15) is 0 Å². The maximum absolute atomic E-state index is 14.3. The van der Waals surface area contributed by atoms with Crippen molar-refractivity contribution in [1.29, 1.82) is 0 Å². The number of hydrogen-bond donors (Lipinski definition) is 3. The number of hydrogen-bond acceptors (Lipinski definition) is 12. The summed E-state index contributed by atoms with van der Waals surface area (Å²) < 4.78 is 77.6. The van der Waals surface area contributed by atoms with Crippen LogP contribution in [0.25, 0.3) is 0 Å². The van der Waals surface area contributed by atoms with Crippen molar-refractivity contribution in [2.45, 2.75) is 0 Å². The van der Waals surface area contributed by atoms with E-state index in [-0.39, 0.29) is 31.5 Å². The van der Waals surface area contributed by atoms with Gasteiger partial charge in [-0.3, -0.25) is 0 Å². The predicted molar refractivity (Wildman–Crippen MR) is 202 cm³/mol. The van der Waals surface area contributed by atoms with E-state index in [9.17, 15) is 13.2 Å². The molecule has 7 rings (SSSR count). The summed E-state index contributed by atoms with van der Waals surface area (Å²) in [5, 5.41) is 0. The average Bonchev–Trinajstić information content (AvgIpc) is 3.17. The quantitative estimate of drug-likeness (QED) is 0.0802. The van der Waals surface area contributed by atoms with Crippen LogP contribution in [0.2, 0.25) is 0 Å². The van der Waals surface area contributed by atoms with E-state index in [0.29, 0.717) is 28.6 Å². The van der Waals surface area contributed by atoms with E-state index in [0.717, 1.165) is 41.0 Å². The van der Waals surface area contributed by atoms with Crippen molar-refractivity contribution in [3.8, 4) is 34.5 Å². The molecule has 18 heteroatoms. The van der Waals surface area contributed by atoms with E-state index in [1.54, 1.807) is 72.8 Å². The van der Waals surface area contributed by atoms with Crippen LogP contribution in [0, 0.1) is 17.5 Å². The van der Waals surface area contributed by atoms with Crippen molar-refractivity contribution in [3.63, 3.8) is 0 Å². The molecule has 1 aliphatic rings. The molecule has 0 spiro atoms. The molecule has 54 heavy (non-hydrogen) atoms. The number of halogens is 3. The molecule has 0 saturated carbocycles. The molecule has 0 aromatic heterocycles. The maximum atomic E-state index is 14.3. The number of anilines is 3. The van der Waals surface area contributed by atoms with Crippen molar-refractivity contribution in [1.82, 2.24) is 9.21 Å². The Kier molecular flexibility index (Phi) is 10.3. The van der Waals surface area contributed by atoms with Gasteiger partial charge in [-0.15, -0.1) is 0 Å². The Morgan fingerprint density at radius 3 is 1.19 bits per heavy atom. The van der Waals surface area contributed by atoms with Crippen molar-refractivity contribution in [2.75, 3.05) is 17.2 Å². The molecule has 0 amide bonds. The summed E-state index contributed by atoms with van der Waals surface area (Å²) >= 11 is 0. The Balaban J connectivity index is 1.52. The van der Waals surface area contributed by atoms with E-state index in [1.807, 2.05) is 0 Å². The van der Waals surface area contributed by atoms with Crippen molar-refractivity contribution >= 4 is 41.6 Å². The molecule has 1 heterocycles. The number of rotatable bonds is 12. The number of nitrogens with two attached hydrogens (primary N) is 3. The molecule has 0 aliphatic carbocycles. The first-order chi connectivity index (χ1) is 26.0. The molecule has 0 fully saturated rings. The van der Waals surface area contributed by atoms with Crippen molar-refractivity contribution in [3.05, 3.63) is 163 Å². The van der Waals surface area contributed by atoms with Gasteiger partial charge in [-0.2, -0.15) is 0 Å². The molecule has 6 aromatic carbocycles. The topological polar surface area (TPSA) is 152 Å². The van der Waals surface area contributed by atoms with Gasteiger partial charge < -0.3 is 0 Å². The summed E-state index contributed by atoms with van der Waals surface area (Å²) in [6, 6.07) is 34.4. The Bertz CT molecular complexity index is 2110. The number of nitrogen functional groups attached to an aromatic ring is 3. The van der Waals surface area contributed by atoms with Gasteiger partial charge in [0.05, 0.1) is 0 Å². The summed E-state index contributed by atoms with van der Waals surface area (Å²) in [5.74, 6) is -0.821. The molecule has 1 unspecified atom stereocenters. The van der Waals surface area contributed by atoms with E-state index < -0.39 is 33.5 Å². The third kappa shape index (κ3) is 8.21. The Morgan fingerprint density at radius 1 is 0.463 bits per heavy atom. The van der Waals surface area contributed by atoms with Crippen molar-refractivity contribution < 1.29 is 40.9 Å². The van der Waals surface area contributed by atoms with Crippen LogP contribution in [0.15, 0.2) is 150 Å². The fourth-order valence-electron chi connectivity index (χ4n) is 4.70. The molecule has 6 N–H and O–H groups in total. The zero-order valence-electron chi connectivity index (χ0n) is 27.9. The SMILES string of the molecule is Nc1ccc(ON2P=NP(Oc3ccc(F)cc3)(Oc3ccc(F)cc3)(Oc3ccc(F)cc3)N(Oc3ccc(N)cc3)P2Oc2ccc(N)cc2)cc1. The third-order valence-electron chi connectivity index (χ3n) is 7.27. The summed E-state index contributed by atoms with van der Waals surface area (Å²) in [6.07, 6.45) is 0. The van der Waals surface area contributed by atoms with Gasteiger partial charge in [0.2, 0.25) is 0 Å². The molecule has 0 bridgehead atoms. The fraction of sp³-hybridized carbons (Fsp3) is 0. The zero-order chi connectivity index (χ0) is 37.7. The van der Waals surface area contributed by atoms with Gasteiger partial charge in [0.1, 0.15) is 0 Å². The summed E-state index contributed by atoms with van der Waals surface area (Å²) in [6.45, 7) is 0. The van der Waals surface area contributed by atoms with Crippen LogP contribution in [0.4, 0.5) is 30.2 Å². The van der Waals surface area contributed by atoms with Crippen LogP contribution < -0.4 is 45.0 Å². The van der Waals surface area contributed by atoms with Crippen LogP contribution in [0.5, 0.6) is 34.5 Å². The summed E-state index contributed by atoms with van der Waals surface area (Å²) in [5.41, 5.74) is 19.4. The molecular weight excluding hydrogens is 762 g/mol. The Morgan fingerprint density at radius 2 is 0.796 bits per heavy atom. The van der Waals surface area contributed by atoms with E-state index >= 15 is 0 Å². The van der Waals surface area contributed by atoms with Gasteiger partial charge in [-0.05, 0) is 0 Å². The molecule has 6 aromatic rings. The van der Waals surface area contributed by atoms with Crippen LogP contribution in [-0.4, -0.2) is 9.21 Å². The summed E-state index contributed by atoms with van der Waals surface area (Å²) in [4.78, 5) is 13.0. The average molecular weight is 793 g/mol. The van der Waals surface area contributed by atoms with Gasteiger partial charge in [0, 0.05) is 0 Å². The number of benzene rings is 6. The van der Waals surface area contributed by atoms with Crippen LogP contribution in [-0.2, 0) is 0 Å². The second-order valence-electron chi connectivity index (χ2n) is 11.4. The van der Waals surface area contributed by atoms with Gasteiger partial charge in [-0.25, -0.2) is 0 Å². The van der Waals surface area contributed by atoms with Crippen molar-refractivity contribution in [2.24, 2.45) is 4.52 Å². The monoisotopic (exact) mass is 792 g/mol. The van der Waals surface area contributed by atoms with Gasteiger partial charge in [-0.1, -0.05) is 0 Å². The molecule has 276 valence electrons. The predicted octanol–water partition coefficient (Wildman–Crippen LogP) is 10.5. The standard InChI is InChI=1S/C36H30F3N6O6P3/c37-25-1-13-34(14-2-25)49-54(50-35-15-3-26(38)4-16-35,51-36-17-5-27(39)6-18-36)43-52-44(46-31-19-7-28(40)8-20-31)53(48-33-23-11-30(42)12-24-33)45(54)47-32-21-9-29(41)10-22-32/h1-24H,40-42H2. The molecule has 0 saturated heterocycles. The third-order valence-corrected chi connectivity index (χ3v) is 14.4. The van der Waals surface area contributed by atoms with E-state index in [1.165, 1.54) is 41.0 Å². The first-order valence-corrected chi connectivity index (χ1v) is 19.7. The Hall–Kier alpha value is -5.81. The first-order valence-electron chi connectivity index (χ1n) is 15.9. The Labute approximate surface area is 310 Å². The normalized spacial score (nSPS) is 17.3. The van der Waals surface area contributed by atoms with E-state index in [2.05, 4.69) is 0 Å². The minimum absolute atomic E-state index is 0.0125. The molecule has 1 aliphatic heterocycles. The second kappa shape index (κ2) is 15.3. The van der Waals surface area contributed by atoms with Gasteiger partial charge >= 0.3 is 311 Å². The minimum atomic E-state index is -5.71. The molecular formula is C36H30F3N6O6P3. The summed E-state index contributed by atoms with van der Waals surface area (Å²) in [7, 11) is -8.25. The van der Waals surface area contributed by atoms with Crippen LogP contribution in [0.3, 0.4) is 0 Å². The molecule has 0 radical (unpaired) electrons. The molecule has 1 atom stereocenters. The van der Waals surface area contributed by atoms with E-state index in [4.69, 9.17) is 49.5 Å². The molecule has 12 nitrogen and oxygen atoms in total. The number of nitrogens with zero attached hydrogens (tertiary/aromatic N) is 3.